The van der Waals surface area contributed by atoms with Crippen molar-refractivity contribution in [1.29, 1.82) is 0 Å². The van der Waals surface area contributed by atoms with Crippen molar-refractivity contribution >= 4 is 11.5 Å². The molecule has 0 radical (unpaired) electrons. The number of likely N-dealkylation sites (N-methyl/N-ethyl adjacent to an activating group) is 1. The van der Waals surface area contributed by atoms with Gasteiger partial charge in [0.15, 0.2) is 5.78 Å². The number of nitrogens with zero attached hydrogens (tertiary/aromatic N) is 3. The Balaban J connectivity index is 1.87. The van der Waals surface area contributed by atoms with Gasteiger partial charge < -0.3 is 9.80 Å². The third kappa shape index (κ3) is 3.77. The molecule has 0 bridgehead atoms. The minimum absolute atomic E-state index is 0.103. The molecule has 2 rings (SSSR count). The molecule has 0 N–H and O–H groups in total. The van der Waals surface area contributed by atoms with Gasteiger partial charge >= 0.3 is 0 Å². The Kier molecular flexibility index (Phi) is 4.91. The molecule has 19 heavy (non-hydrogen) atoms. The molecule has 1 aromatic rings. The van der Waals surface area contributed by atoms with Gasteiger partial charge in [-0.2, -0.15) is 0 Å². The average Bonchev–Trinajstić information content (AvgIpc) is 2.97. The van der Waals surface area contributed by atoms with Crippen LogP contribution in [-0.2, 0) is 0 Å². The van der Waals surface area contributed by atoms with Crippen LogP contribution in [0.5, 0.6) is 0 Å². The lowest BCUT2D eigenvalue weighted by atomic mass is 10.2. The topological polar surface area (TPSA) is 36.4 Å². The monoisotopic (exact) mass is 261 g/mol. The average molecular weight is 261 g/mol. The maximum Gasteiger partial charge on any atom is 0.180 e. The van der Waals surface area contributed by atoms with Crippen LogP contribution in [0.3, 0.4) is 0 Å². The van der Waals surface area contributed by atoms with Gasteiger partial charge in [0, 0.05) is 26.6 Å². The molecule has 104 valence electrons. The summed E-state index contributed by atoms with van der Waals surface area (Å²) in [5.74, 6) is 0.103. The number of carbonyl (C=O) groups is 1. The van der Waals surface area contributed by atoms with Gasteiger partial charge in [-0.05, 0) is 38.1 Å². The maximum absolute atomic E-state index is 11.5. The summed E-state index contributed by atoms with van der Waals surface area (Å²) in [7, 11) is 2.08. The molecular weight excluding hydrogens is 238 g/mol. The third-order valence-corrected chi connectivity index (χ3v) is 3.75. The van der Waals surface area contributed by atoms with Gasteiger partial charge in [0.05, 0.1) is 11.9 Å². The lowest BCUT2D eigenvalue weighted by Crippen LogP contribution is -2.31. The number of Topliss-reactive ketones (excluding diaryl/α,β-unsaturated/α-hetero) is 1. The Morgan fingerprint density at radius 3 is 2.68 bits per heavy atom. The molecule has 1 aliphatic rings. The van der Waals surface area contributed by atoms with Crippen LogP contribution in [-0.4, -0.2) is 48.9 Å². The fourth-order valence-electron chi connectivity index (χ4n) is 2.38. The number of hydrogen-bond acceptors (Lipinski definition) is 4. The van der Waals surface area contributed by atoms with Crippen molar-refractivity contribution in [2.75, 3.05) is 38.1 Å². The Labute approximate surface area is 115 Å². The van der Waals surface area contributed by atoms with E-state index in [1.807, 2.05) is 19.1 Å². The molecule has 0 saturated carbocycles. The van der Waals surface area contributed by atoms with E-state index >= 15 is 0 Å². The van der Waals surface area contributed by atoms with Crippen LogP contribution < -0.4 is 4.90 Å². The van der Waals surface area contributed by atoms with Crippen molar-refractivity contribution in [1.82, 2.24) is 9.88 Å². The standard InChI is InChI=1S/C15H23N3O/c1-3-15(19)14-7-6-13(12-16-14)17(2)10-11-18-8-4-5-9-18/h6-7,12H,3-5,8-11H2,1-2H3. The molecule has 0 spiro atoms. The summed E-state index contributed by atoms with van der Waals surface area (Å²) < 4.78 is 0. The van der Waals surface area contributed by atoms with Gasteiger partial charge in [0.25, 0.3) is 0 Å². The minimum atomic E-state index is 0.103. The number of rotatable bonds is 6. The summed E-state index contributed by atoms with van der Waals surface area (Å²) in [6, 6.07) is 3.81. The zero-order valence-electron chi connectivity index (χ0n) is 11.9. The largest absolute Gasteiger partial charge is 0.372 e. The molecule has 0 aliphatic carbocycles. The number of hydrogen-bond donors (Lipinski definition) is 0. The Hall–Kier alpha value is -1.42. The zero-order valence-corrected chi connectivity index (χ0v) is 11.9. The highest BCUT2D eigenvalue weighted by molar-refractivity contribution is 5.94. The smallest absolute Gasteiger partial charge is 0.180 e. The second-order valence-corrected chi connectivity index (χ2v) is 5.15. The summed E-state index contributed by atoms with van der Waals surface area (Å²) in [6.07, 6.45) is 4.97. The highest BCUT2D eigenvalue weighted by Gasteiger charge is 2.12. The first kappa shape index (κ1) is 14.0. The van der Waals surface area contributed by atoms with Crippen LogP contribution in [0.4, 0.5) is 5.69 Å². The van der Waals surface area contributed by atoms with E-state index in [0.717, 1.165) is 18.8 Å². The second kappa shape index (κ2) is 6.66. The van der Waals surface area contributed by atoms with E-state index in [1.165, 1.54) is 25.9 Å². The molecule has 1 fully saturated rings. The van der Waals surface area contributed by atoms with E-state index in [0.29, 0.717) is 12.1 Å². The Morgan fingerprint density at radius 2 is 2.11 bits per heavy atom. The molecule has 1 aliphatic heterocycles. The van der Waals surface area contributed by atoms with E-state index in [1.54, 1.807) is 6.20 Å². The van der Waals surface area contributed by atoms with Crippen molar-refractivity contribution in [2.24, 2.45) is 0 Å². The summed E-state index contributed by atoms with van der Waals surface area (Å²) in [6.45, 7) is 6.43. The van der Waals surface area contributed by atoms with Crippen molar-refractivity contribution in [2.45, 2.75) is 26.2 Å². The molecule has 0 amide bonds. The predicted octanol–water partition coefficient (Wildman–Crippen LogP) is 2.21. The summed E-state index contributed by atoms with van der Waals surface area (Å²) in [5.41, 5.74) is 1.64. The van der Waals surface area contributed by atoms with Gasteiger partial charge in [-0.15, -0.1) is 0 Å². The van der Waals surface area contributed by atoms with Crippen molar-refractivity contribution in [3.05, 3.63) is 24.0 Å². The van der Waals surface area contributed by atoms with Gasteiger partial charge in [-0.3, -0.25) is 9.78 Å². The van der Waals surface area contributed by atoms with E-state index < -0.39 is 0 Å². The number of carbonyl (C=O) groups excluding carboxylic acids is 1. The number of likely N-dealkylation sites (tertiary alicyclic amines) is 1. The van der Waals surface area contributed by atoms with Crippen LogP contribution in [0, 0.1) is 0 Å². The summed E-state index contributed by atoms with van der Waals surface area (Å²) in [4.78, 5) is 20.5. The Bertz CT molecular complexity index is 410. The molecule has 0 atom stereocenters. The van der Waals surface area contributed by atoms with E-state index in [-0.39, 0.29) is 5.78 Å². The minimum Gasteiger partial charge on any atom is -0.372 e. The Morgan fingerprint density at radius 1 is 1.37 bits per heavy atom. The molecule has 1 saturated heterocycles. The number of aromatic nitrogens is 1. The van der Waals surface area contributed by atoms with E-state index in [4.69, 9.17) is 0 Å². The molecule has 0 aromatic carbocycles. The van der Waals surface area contributed by atoms with Crippen LogP contribution in [0.1, 0.15) is 36.7 Å². The van der Waals surface area contributed by atoms with Crippen LogP contribution in [0.15, 0.2) is 18.3 Å². The molecule has 1 aromatic heterocycles. The lowest BCUT2D eigenvalue weighted by Gasteiger charge is -2.22. The second-order valence-electron chi connectivity index (χ2n) is 5.15. The van der Waals surface area contributed by atoms with Crippen molar-refractivity contribution < 1.29 is 4.79 Å². The fraction of sp³-hybridized carbons (Fsp3) is 0.600. The predicted molar refractivity (Wildman–Crippen MR) is 77.8 cm³/mol. The molecule has 4 nitrogen and oxygen atoms in total. The molecule has 0 unspecified atom stereocenters. The first-order chi connectivity index (χ1) is 9.20. The number of ketones is 1. The van der Waals surface area contributed by atoms with Crippen LogP contribution in [0.2, 0.25) is 0 Å². The highest BCUT2D eigenvalue weighted by Crippen LogP contribution is 2.13. The lowest BCUT2D eigenvalue weighted by molar-refractivity contribution is 0.0983. The van der Waals surface area contributed by atoms with Crippen LogP contribution in [0.25, 0.3) is 0 Å². The normalized spacial score (nSPS) is 15.7. The van der Waals surface area contributed by atoms with Gasteiger partial charge in [-0.1, -0.05) is 6.92 Å². The summed E-state index contributed by atoms with van der Waals surface area (Å²) in [5, 5.41) is 0. The zero-order chi connectivity index (χ0) is 13.7. The van der Waals surface area contributed by atoms with E-state index in [9.17, 15) is 4.79 Å². The molecule has 4 heteroatoms. The molecule has 2 heterocycles. The SMILES string of the molecule is CCC(=O)c1ccc(N(C)CCN2CCCC2)cn1. The number of pyridine rings is 1. The first-order valence-corrected chi connectivity index (χ1v) is 7.13. The third-order valence-electron chi connectivity index (χ3n) is 3.75. The highest BCUT2D eigenvalue weighted by atomic mass is 16.1. The van der Waals surface area contributed by atoms with Crippen molar-refractivity contribution in [3.8, 4) is 0 Å². The van der Waals surface area contributed by atoms with Crippen LogP contribution >= 0.6 is 0 Å². The van der Waals surface area contributed by atoms with Gasteiger partial charge in [0.2, 0.25) is 0 Å². The van der Waals surface area contributed by atoms with E-state index in [2.05, 4.69) is 21.8 Å². The molecular formula is C15H23N3O. The van der Waals surface area contributed by atoms with Crippen molar-refractivity contribution in [3.63, 3.8) is 0 Å². The van der Waals surface area contributed by atoms with Gasteiger partial charge in [0.1, 0.15) is 5.69 Å². The van der Waals surface area contributed by atoms with Gasteiger partial charge in [-0.25, -0.2) is 0 Å². The fourth-order valence-corrected chi connectivity index (χ4v) is 2.38. The first-order valence-electron chi connectivity index (χ1n) is 7.13. The number of anilines is 1. The summed E-state index contributed by atoms with van der Waals surface area (Å²) >= 11 is 0. The maximum atomic E-state index is 11.5. The quantitative estimate of drug-likeness (QED) is 0.736.